The van der Waals surface area contributed by atoms with Gasteiger partial charge in [0.25, 0.3) is 0 Å². The highest BCUT2D eigenvalue weighted by atomic mass is 35.5. The lowest BCUT2D eigenvalue weighted by Crippen LogP contribution is -2.72. The van der Waals surface area contributed by atoms with Gasteiger partial charge in [0.05, 0.1) is 12.0 Å². The van der Waals surface area contributed by atoms with Crippen LogP contribution in [0.2, 0.25) is 5.02 Å². The molecule has 192 valence electrons. The molecule has 9 heteroatoms. The predicted molar refractivity (Wildman–Crippen MR) is 133 cm³/mol. The summed E-state index contributed by atoms with van der Waals surface area (Å²) in [6.07, 6.45) is 2.87. The van der Waals surface area contributed by atoms with Crippen molar-refractivity contribution in [3.8, 4) is 0 Å². The number of nitrogens with one attached hydrogen (secondary N) is 3. The molecule has 3 N–H and O–H groups in total. The molecule has 0 aliphatic carbocycles. The molecule has 4 saturated heterocycles. The van der Waals surface area contributed by atoms with Crippen LogP contribution in [0.15, 0.2) is 18.2 Å². The van der Waals surface area contributed by atoms with Crippen molar-refractivity contribution in [1.82, 2.24) is 25.8 Å². The summed E-state index contributed by atoms with van der Waals surface area (Å²) < 4.78 is 15.1. The van der Waals surface area contributed by atoms with Gasteiger partial charge in [-0.25, -0.2) is 4.39 Å². The van der Waals surface area contributed by atoms with Crippen LogP contribution in [0.5, 0.6) is 0 Å². The molecule has 35 heavy (non-hydrogen) atoms. The lowest BCUT2D eigenvalue weighted by molar-refractivity contribution is -0.150. The Balaban J connectivity index is 1.42. The largest absolute Gasteiger partial charge is 0.339 e. The Morgan fingerprint density at radius 2 is 1.86 bits per heavy atom. The molecule has 0 spiro atoms. The first-order valence-corrected chi connectivity index (χ1v) is 13.4. The summed E-state index contributed by atoms with van der Waals surface area (Å²) in [6.45, 7) is 8.27. The summed E-state index contributed by atoms with van der Waals surface area (Å²) in [4.78, 5) is 30.3. The minimum Gasteiger partial charge on any atom is -0.339 e. The Labute approximate surface area is 212 Å². The molecular formula is C26H37ClFN5O2. The molecule has 0 radical (unpaired) electrons. The Bertz CT molecular complexity index is 979. The number of nitrogens with zero attached hydrogens (tertiary/aromatic N) is 2. The van der Waals surface area contributed by atoms with Gasteiger partial charge < -0.3 is 20.4 Å². The average Bonchev–Trinajstić information content (AvgIpc) is 2.83. The third-order valence-corrected chi connectivity index (χ3v) is 8.91. The van der Waals surface area contributed by atoms with Gasteiger partial charge in [0.2, 0.25) is 11.8 Å². The van der Waals surface area contributed by atoms with E-state index in [-0.39, 0.29) is 53.8 Å². The zero-order valence-corrected chi connectivity index (χ0v) is 21.5. The molecule has 4 heterocycles. The van der Waals surface area contributed by atoms with Crippen LogP contribution in [-0.2, 0) is 9.59 Å². The van der Waals surface area contributed by atoms with Crippen molar-refractivity contribution in [1.29, 1.82) is 0 Å². The van der Waals surface area contributed by atoms with E-state index in [1.807, 2.05) is 18.7 Å². The Kier molecular flexibility index (Phi) is 7.09. The maximum Gasteiger partial charge on any atom is 0.228 e. The maximum absolute atomic E-state index is 15.1. The smallest absolute Gasteiger partial charge is 0.228 e. The van der Waals surface area contributed by atoms with E-state index in [4.69, 9.17) is 11.6 Å². The van der Waals surface area contributed by atoms with E-state index in [1.54, 1.807) is 12.1 Å². The number of carbonyl (C=O) groups is 2. The minimum atomic E-state index is -0.408. The molecule has 0 aromatic heterocycles. The zero-order valence-electron chi connectivity index (χ0n) is 20.8. The van der Waals surface area contributed by atoms with Crippen molar-refractivity contribution >= 4 is 23.4 Å². The van der Waals surface area contributed by atoms with Crippen molar-refractivity contribution < 1.29 is 14.0 Å². The van der Waals surface area contributed by atoms with Gasteiger partial charge >= 0.3 is 0 Å². The number of halogens is 2. The molecule has 0 bridgehead atoms. The Hall–Kier alpha value is -1.74. The number of piperazine rings is 1. The van der Waals surface area contributed by atoms with Gasteiger partial charge in [0.15, 0.2) is 0 Å². The second-order valence-electron chi connectivity index (χ2n) is 11.0. The summed E-state index contributed by atoms with van der Waals surface area (Å²) >= 11 is 6.04. The highest BCUT2D eigenvalue weighted by molar-refractivity contribution is 6.30. The van der Waals surface area contributed by atoms with Gasteiger partial charge in [-0.3, -0.25) is 14.9 Å². The van der Waals surface area contributed by atoms with E-state index in [2.05, 4.69) is 27.8 Å². The number of hydrogen-bond donors (Lipinski definition) is 3. The third-order valence-electron chi connectivity index (χ3n) is 8.68. The van der Waals surface area contributed by atoms with Crippen LogP contribution < -0.4 is 16.0 Å². The number of amides is 2. The molecular weight excluding hydrogens is 469 g/mol. The molecule has 1 aromatic carbocycles. The number of benzene rings is 1. The van der Waals surface area contributed by atoms with Crippen molar-refractivity contribution in [3.05, 3.63) is 34.6 Å². The van der Waals surface area contributed by atoms with Gasteiger partial charge in [-0.05, 0) is 57.7 Å². The normalized spacial score (nSPS) is 38.4. The van der Waals surface area contributed by atoms with Crippen LogP contribution in [0, 0.1) is 17.7 Å². The highest BCUT2D eigenvalue weighted by Gasteiger charge is 2.48. The standard InChI is InChI=1S/C26H37ClFN5O2/c1-14-10-19(8-9-29-14)32-12-17(4-7-23(32)34)22-13-33-25(30-16(3)15(2)26(33)35)24(31-22)20-6-5-18(27)11-21(20)28/h5-6,11,14-17,19,22,24-25,29-31H,4,7-10,12-13H2,1-3H3. The summed E-state index contributed by atoms with van der Waals surface area (Å²) in [5.74, 6) is -0.00339. The van der Waals surface area contributed by atoms with E-state index < -0.39 is 6.04 Å². The van der Waals surface area contributed by atoms with Gasteiger partial charge in [0, 0.05) is 54.3 Å². The minimum absolute atomic E-state index is 0.00958. The lowest BCUT2D eigenvalue weighted by Gasteiger charge is -2.53. The van der Waals surface area contributed by atoms with Crippen molar-refractivity contribution in [2.75, 3.05) is 19.6 Å². The molecule has 2 amide bonds. The van der Waals surface area contributed by atoms with Crippen molar-refractivity contribution in [2.45, 2.75) is 82.8 Å². The van der Waals surface area contributed by atoms with Gasteiger partial charge in [-0.1, -0.05) is 24.6 Å². The van der Waals surface area contributed by atoms with Crippen LogP contribution in [0.25, 0.3) is 0 Å². The molecule has 4 aliphatic heterocycles. The first kappa shape index (κ1) is 24.9. The second-order valence-corrected chi connectivity index (χ2v) is 11.4. The summed E-state index contributed by atoms with van der Waals surface area (Å²) in [5.41, 5.74) is 0.507. The van der Waals surface area contributed by atoms with E-state index in [1.165, 1.54) is 6.07 Å². The summed E-state index contributed by atoms with van der Waals surface area (Å²) in [7, 11) is 0. The summed E-state index contributed by atoms with van der Waals surface area (Å²) in [5, 5.41) is 11.1. The van der Waals surface area contributed by atoms with E-state index >= 15 is 4.39 Å². The summed E-state index contributed by atoms with van der Waals surface area (Å²) in [6, 6.07) is 4.95. The fraction of sp³-hybridized carbons (Fsp3) is 0.692. The maximum atomic E-state index is 15.1. The topological polar surface area (TPSA) is 76.7 Å². The molecule has 5 rings (SSSR count). The molecule has 0 saturated carbocycles. The van der Waals surface area contributed by atoms with Crippen molar-refractivity contribution in [3.63, 3.8) is 0 Å². The molecule has 4 aliphatic rings. The monoisotopic (exact) mass is 505 g/mol. The number of carbonyl (C=O) groups excluding carboxylic acids is 2. The molecule has 1 aromatic rings. The van der Waals surface area contributed by atoms with Crippen molar-refractivity contribution in [2.24, 2.45) is 11.8 Å². The van der Waals surface area contributed by atoms with Gasteiger partial charge in [-0.15, -0.1) is 0 Å². The molecule has 8 atom stereocenters. The second kappa shape index (κ2) is 9.96. The average molecular weight is 506 g/mol. The number of likely N-dealkylation sites (tertiary alicyclic amines) is 1. The fourth-order valence-corrected chi connectivity index (χ4v) is 6.61. The van der Waals surface area contributed by atoms with Crippen LogP contribution in [-0.4, -0.2) is 71.6 Å². The van der Waals surface area contributed by atoms with Crippen LogP contribution in [0.3, 0.4) is 0 Å². The van der Waals surface area contributed by atoms with Gasteiger partial charge in [0.1, 0.15) is 12.0 Å². The zero-order chi connectivity index (χ0) is 24.9. The molecule has 8 unspecified atom stereocenters. The van der Waals surface area contributed by atoms with Crippen LogP contribution in [0.1, 0.15) is 58.1 Å². The Morgan fingerprint density at radius 3 is 2.60 bits per heavy atom. The highest BCUT2D eigenvalue weighted by Crippen LogP contribution is 2.36. The van der Waals surface area contributed by atoms with Crippen LogP contribution in [0.4, 0.5) is 4.39 Å². The molecule has 4 fully saturated rings. The quantitative estimate of drug-likeness (QED) is 0.589. The van der Waals surface area contributed by atoms with E-state index in [0.717, 1.165) is 25.8 Å². The lowest BCUT2D eigenvalue weighted by atomic mass is 9.83. The van der Waals surface area contributed by atoms with E-state index in [9.17, 15) is 9.59 Å². The first-order chi connectivity index (χ1) is 16.7. The predicted octanol–water partition coefficient (Wildman–Crippen LogP) is 2.65. The van der Waals surface area contributed by atoms with E-state index in [0.29, 0.717) is 36.1 Å². The van der Waals surface area contributed by atoms with Gasteiger partial charge in [-0.2, -0.15) is 0 Å². The fourth-order valence-electron chi connectivity index (χ4n) is 6.45. The first-order valence-electron chi connectivity index (χ1n) is 13.0. The third kappa shape index (κ3) is 4.82. The number of rotatable bonds is 3. The number of hydrogen-bond acceptors (Lipinski definition) is 5. The SMILES string of the molecule is CC1CC(N2CC(C3CN4C(=O)C(C)C(C)NC4C(c4ccc(Cl)cc4F)N3)CCC2=O)CCN1. The number of fused-ring (bicyclic) bond motifs is 1. The Morgan fingerprint density at radius 1 is 1.06 bits per heavy atom. The van der Waals surface area contributed by atoms with Crippen LogP contribution >= 0.6 is 11.6 Å². The molecule has 7 nitrogen and oxygen atoms in total. The number of piperidine rings is 2.